The van der Waals surface area contributed by atoms with Gasteiger partial charge in [-0.15, -0.1) is 9.81 Å². The van der Waals surface area contributed by atoms with Gasteiger partial charge in [0.2, 0.25) is 0 Å². The van der Waals surface area contributed by atoms with Gasteiger partial charge in [-0.1, -0.05) is 14.9 Å². The van der Waals surface area contributed by atoms with Gasteiger partial charge in [-0.05, 0) is 0 Å². The van der Waals surface area contributed by atoms with Crippen LogP contribution in [0, 0.1) is 19.7 Å². The molecule has 0 amide bonds. The average Bonchev–Trinajstić information content (AvgIpc) is 2.18. The molecule has 0 saturated heterocycles. The lowest BCUT2D eigenvalue weighted by molar-refractivity contribution is -0.299. The molecule has 0 radical (unpaired) electrons. The molecular weight excluding hydrogens is 208 g/mol. The first-order valence-corrected chi connectivity index (χ1v) is 1.66. The molecule has 0 unspecified atom stereocenters. The minimum Gasteiger partial charge on any atom is -0.200 e. The van der Waals surface area contributed by atoms with E-state index in [9.17, 15) is 0 Å². The maximum Gasteiger partial charge on any atom is 0.120 e. The molecular formula is C2H10N4O8. The fourth-order valence-corrected chi connectivity index (χ4v) is 0.0298. The highest BCUT2D eigenvalue weighted by Gasteiger charge is 1.61. The third-order valence-corrected chi connectivity index (χ3v) is 0.140. The fraction of sp³-hybridized carbons (Fsp3) is 1.00. The molecule has 86 valence electrons. The Balaban J connectivity index is -0.0000000302. The maximum absolute atomic E-state index is 8.44. The summed E-state index contributed by atoms with van der Waals surface area (Å²) in [6.45, 7) is 0. The zero-order valence-corrected chi connectivity index (χ0v) is 5.13. The van der Waals surface area contributed by atoms with Crippen molar-refractivity contribution in [3.05, 3.63) is 19.7 Å². The summed E-state index contributed by atoms with van der Waals surface area (Å²) in [5.74, 6) is 0. The summed E-state index contributed by atoms with van der Waals surface area (Å²) in [6.07, 6.45) is 0. The zero-order valence-electron chi connectivity index (χ0n) is 5.13. The molecule has 12 nitrogen and oxygen atoms in total. The molecule has 12 heteroatoms. The first-order valence-electron chi connectivity index (χ1n) is 1.66. The van der Waals surface area contributed by atoms with E-state index in [1.165, 1.54) is 0 Å². The molecule has 0 bridgehead atoms. The van der Waals surface area contributed by atoms with Crippen LogP contribution in [0.25, 0.3) is 0 Å². The Kier molecular flexibility index (Phi) is 148. The monoisotopic (exact) mass is 218 g/mol. The highest BCUT2D eigenvalue weighted by atomic mass is 17.2. The lowest BCUT2D eigenvalue weighted by atomic mass is 12.0. The van der Waals surface area contributed by atoms with Crippen molar-refractivity contribution in [3.8, 4) is 0 Å². The van der Waals surface area contributed by atoms with E-state index in [2.05, 4.69) is 20.5 Å². The number of hydrogen-bond acceptors (Lipinski definition) is 10. The summed E-state index contributed by atoms with van der Waals surface area (Å²) in [6, 6.07) is 0. The van der Waals surface area contributed by atoms with E-state index in [1.807, 2.05) is 0 Å². The van der Waals surface area contributed by atoms with E-state index in [4.69, 9.17) is 30.3 Å². The molecule has 0 aliphatic carbocycles. The predicted octanol–water partition coefficient (Wildman–Crippen LogP) is 2.02. The second kappa shape index (κ2) is 69.9. The van der Waals surface area contributed by atoms with Crippen molar-refractivity contribution < 1.29 is 20.5 Å². The molecule has 0 aliphatic rings. The molecule has 0 heterocycles. The van der Waals surface area contributed by atoms with Gasteiger partial charge in [-0.25, -0.2) is 0 Å². The van der Waals surface area contributed by atoms with Crippen LogP contribution in [0.15, 0.2) is 21.1 Å². The largest absolute Gasteiger partial charge is 0.200 e. The van der Waals surface area contributed by atoms with Gasteiger partial charge in [0.15, 0.2) is 0 Å². The van der Waals surface area contributed by atoms with Crippen LogP contribution in [0.5, 0.6) is 0 Å². The Hall–Kier alpha value is -2.08. The second-order valence-corrected chi connectivity index (χ2v) is 0.490. The van der Waals surface area contributed by atoms with Crippen molar-refractivity contribution in [2.45, 2.75) is 14.9 Å². The first kappa shape index (κ1) is 29.7. The van der Waals surface area contributed by atoms with E-state index < -0.39 is 0 Å². The Morgan fingerprint density at radius 3 is 1.07 bits per heavy atom. The maximum atomic E-state index is 8.44. The molecule has 0 spiro atoms. The average molecular weight is 218 g/mol. The van der Waals surface area contributed by atoms with Crippen LogP contribution in [-0.2, 0) is 9.98 Å². The van der Waals surface area contributed by atoms with Crippen molar-refractivity contribution in [2.24, 2.45) is 21.1 Å². The van der Waals surface area contributed by atoms with Gasteiger partial charge in [0.05, 0.1) is 0 Å². The SMILES string of the molecule is C.C.O=NN=O.O=O.OO/N=N/OO. The van der Waals surface area contributed by atoms with Crippen LogP contribution >= 0.6 is 0 Å². The lowest BCUT2D eigenvalue weighted by Crippen LogP contribution is -1.67. The van der Waals surface area contributed by atoms with E-state index >= 15 is 0 Å². The van der Waals surface area contributed by atoms with Crippen LogP contribution in [0.3, 0.4) is 0 Å². The van der Waals surface area contributed by atoms with E-state index in [-0.39, 0.29) is 14.9 Å². The summed E-state index contributed by atoms with van der Waals surface area (Å²) in [5, 5.41) is 22.2. The molecule has 0 aromatic carbocycles. The van der Waals surface area contributed by atoms with E-state index in [0.717, 1.165) is 0 Å². The highest BCUT2D eigenvalue weighted by molar-refractivity contribution is 4.11. The first-order chi connectivity index (χ1) is 5.83. The zero-order chi connectivity index (χ0) is 10.2. The summed E-state index contributed by atoms with van der Waals surface area (Å²) < 4.78 is 0. The van der Waals surface area contributed by atoms with E-state index in [0.29, 0.717) is 0 Å². The highest BCUT2D eigenvalue weighted by Crippen LogP contribution is 1.69. The topological polar surface area (TPSA) is 177 Å². The quantitative estimate of drug-likeness (QED) is 0.312. The number of rotatable bonds is 3. The van der Waals surface area contributed by atoms with Gasteiger partial charge in [0.1, 0.15) is 21.1 Å². The van der Waals surface area contributed by atoms with Gasteiger partial charge < -0.3 is 0 Å². The van der Waals surface area contributed by atoms with Gasteiger partial charge in [0, 0.05) is 9.93 Å². The smallest absolute Gasteiger partial charge is 0.120 e. The molecule has 0 atom stereocenters. The van der Waals surface area contributed by atoms with Crippen molar-refractivity contribution in [3.63, 3.8) is 0 Å². The number of nitroso groups, excluding NO2 is 2. The van der Waals surface area contributed by atoms with Gasteiger partial charge in [-0.3, -0.25) is 0 Å². The van der Waals surface area contributed by atoms with E-state index in [1.54, 1.807) is 10.6 Å². The molecule has 0 aromatic rings. The second-order valence-electron chi connectivity index (χ2n) is 0.490. The van der Waals surface area contributed by atoms with Crippen LogP contribution in [-0.4, -0.2) is 10.5 Å². The molecule has 0 saturated carbocycles. The molecule has 14 heavy (non-hydrogen) atoms. The summed E-state index contributed by atoms with van der Waals surface area (Å²) >= 11 is 0. The minimum atomic E-state index is 0. The van der Waals surface area contributed by atoms with Gasteiger partial charge >= 0.3 is 0 Å². The van der Waals surface area contributed by atoms with Crippen LogP contribution in [0.1, 0.15) is 14.9 Å². The van der Waals surface area contributed by atoms with Gasteiger partial charge in [-0.2, -0.15) is 20.5 Å². The van der Waals surface area contributed by atoms with Crippen molar-refractivity contribution >= 4 is 0 Å². The standard InChI is InChI=1S/2CH4.H2N2O4.N2O2.O2/c;;3-5-1-2-6-4;3-1-2-4;1-2/h2*1H4;3-4H;;/b;;2-1+;;. The predicted molar refractivity (Wildman–Crippen MR) is 44.1 cm³/mol. The third-order valence-electron chi connectivity index (χ3n) is 0.140. The van der Waals surface area contributed by atoms with Crippen molar-refractivity contribution in [1.29, 1.82) is 0 Å². The molecule has 2 N–H and O–H groups in total. The summed E-state index contributed by atoms with van der Waals surface area (Å²) in [7, 11) is 0. The molecule has 0 fully saturated rings. The Labute approximate surface area is 77.4 Å². The Bertz CT molecular complexity index is 106. The van der Waals surface area contributed by atoms with Crippen molar-refractivity contribution in [1.82, 2.24) is 0 Å². The number of nitrogens with zero attached hydrogens (tertiary/aromatic N) is 4. The van der Waals surface area contributed by atoms with Crippen LogP contribution in [0.2, 0.25) is 0 Å². The summed E-state index contributed by atoms with van der Waals surface area (Å²) in [5.41, 5.74) is 0. The van der Waals surface area contributed by atoms with Crippen LogP contribution < -0.4 is 0 Å². The fourth-order valence-electron chi connectivity index (χ4n) is 0.0298. The van der Waals surface area contributed by atoms with Crippen LogP contribution in [0.4, 0.5) is 0 Å². The third kappa shape index (κ3) is 214. The Morgan fingerprint density at radius 1 is 0.786 bits per heavy atom. The number of hydrogen-bond donors (Lipinski definition) is 2. The lowest BCUT2D eigenvalue weighted by Gasteiger charge is -1.73. The molecule has 0 rings (SSSR count). The molecule has 0 aliphatic heterocycles. The van der Waals surface area contributed by atoms with Crippen molar-refractivity contribution in [2.75, 3.05) is 0 Å². The molecule has 0 aromatic heterocycles. The Morgan fingerprint density at radius 2 is 1.00 bits per heavy atom. The van der Waals surface area contributed by atoms with Gasteiger partial charge in [0.25, 0.3) is 0 Å². The summed E-state index contributed by atoms with van der Waals surface area (Å²) in [4.78, 5) is 36.8. The normalized spacial score (nSPS) is 5.57. The minimum absolute atomic E-state index is 0.